The van der Waals surface area contributed by atoms with Crippen molar-refractivity contribution in [2.45, 2.75) is 84.3 Å². The Balaban J connectivity index is 3.26. The summed E-state index contributed by atoms with van der Waals surface area (Å²) in [6.45, 7) is 9.45. The van der Waals surface area contributed by atoms with Gasteiger partial charge in [-0.1, -0.05) is 72.6 Å². The van der Waals surface area contributed by atoms with Gasteiger partial charge >= 0.3 is 0 Å². The molecule has 0 aliphatic rings. The number of unbranched alkanes of at least 4 members (excludes halogenated alkanes) is 6. The lowest BCUT2D eigenvalue weighted by molar-refractivity contribution is 0.511. The Morgan fingerprint density at radius 3 is 1.56 bits per heavy atom. The zero-order valence-corrected chi connectivity index (χ0v) is 14.7. The molecule has 0 N–H and O–H groups in total. The molecule has 0 aromatic carbocycles. The van der Waals surface area contributed by atoms with Crippen LogP contribution in [0.15, 0.2) is 0 Å². The quantitative estimate of drug-likeness (QED) is 0.391. The molecule has 0 saturated carbocycles. The number of hydrogen-bond donors (Lipinski definition) is 0. The molecule has 0 aliphatic heterocycles. The average Bonchev–Trinajstić information content (AvgIpc) is 2.26. The third-order valence-electron chi connectivity index (χ3n) is 4.23. The van der Waals surface area contributed by atoms with E-state index < -0.39 is 0 Å². The van der Waals surface area contributed by atoms with Crippen molar-refractivity contribution in [3.8, 4) is 0 Å². The van der Waals surface area contributed by atoms with Gasteiger partial charge in [0, 0.05) is 0 Å². The molecule has 0 rings (SSSR count). The van der Waals surface area contributed by atoms with E-state index in [4.69, 9.17) is 0 Å². The first-order valence-corrected chi connectivity index (χ1v) is 10.7. The highest BCUT2D eigenvalue weighted by Crippen LogP contribution is 2.45. The molecule has 0 nitrogen and oxygen atoms in total. The molecule has 0 heterocycles. The van der Waals surface area contributed by atoms with Gasteiger partial charge < -0.3 is 0 Å². The fourth-order valence-corrected chi connectivity index (χ4v) is 3.57. The van der Waals surface area contributed by atoms with E-state index in [2.05, 4.69) is 40.2 Å². The van der Waals surface area contributed by atoms with Crippen LogP contribution in [0.25, 0.3) is 0 Å². The maximum atomic E-state index is 2.50. The first-order chi connectivity index (χ1) is 8.36. The van der Waals surface area contributed by atoms with Crippen molar-refractivity contribution in [2.75, 3.05) is 18.3 Å². The summed E-state index contributed by atoms with van der Waals surface area (Å²) in [5.74, 6) is 2.38. The zero-order valence-electron chi connectivity index (χ0n) is 13.9. The van der Waals surface area contributed by atoms with Gasteiger partial charge in [-0.15, -0.1) is 0 Å². The second-order valence-corrected chi connectivity index (χ2v) is 11.6. The highest BCUT2D eigenvalue weighted by Gasteiger charge is 2.15. The predicted octanol–water partition coefficient (Wildman–Crippen LogP) is 6.24. The summed E-state index contributed by atoms with van der Waals surface area (Å²) in [6, 6.07) is 0. The lowest BCUT2D eigenvalue weighted by atomic mass is 10.0. The standard InChI is InChI=1S/C17H38S/c1-16(2)14-12-10-8-7-9-11-13-15-18(5,6)17(3)4/h16-17H,7-15H2,1-6H3. The number of rotatable bonds is 11. The van der Waals surface area contributed by atoms with Crippen molar-refractivity contribution < 1.29 is 0 Å². The van der Waals surface area contributed by atoms with E-state index in [0.29, 0.717) is 0 Å². The summed E-state index contributed by atoms with van der Waals surface area (Å²) in [4.78, 5) is 0. The zero-order chi connectivity index (χ0) is 14.0. The van der Waals surface area contributed by atoms with Gasteiger partial charge in [-0.3, -0.25) is 0 Å². The van der Waals surface area contributed by atoms with E-state index in [0.717, 1.165) is 11.2 Å². The minimum Gasteiger partial charge on any atom is -0.244 e. The maximum Gasteiger partial charge on any atom is -0.0173 e. The molecule has 0 aliphatic carbocycles. The summed E-state index contributed by atoms with van der Waals surface area (Å²) >= 11 is 0. The normalized spacial score (nSPS) is 13.6. The van der Waals surface area contributed by atoms with Crippen LogP contribution in [0.2, 0.25) is 0 Å². The van der Waals surface area contributed by atoms with Gasteiger partial charge in [0.05, 0.1) is 0 Å². The van der Waals surface area contributed by atoms with Crippen LogP contribution in [0, 0.1) is 5.92 Å². The Labute approximate surface area is 119 Å². The first-order valence-electron chi connectivity index (χ1n) is 8.06. The molecule has 112 valence electrons. The Morgan fingerprint density at radius 2 is 1.11 bits per heavy atom. The monoisotopic (exact) mass is 274 g/mol. The van der Waals surface area contributed by atoms with Crippen molar-refractivity contribution in [1.82, 2.24) is 0 Å². The van der Waals surface area contributed by atoms with Gasteiger partial charge in [0.15, 0.2) is 0 Å². The van der Waals surface area contributed by atoms with Crippen LogP contribution in [0.3, 0.4) is 0 Å². The molecule has 0 aromatic heterocycles. The minimum absolute atomic E-state index is 0.309. The van der Waals surface area contributed by atoms with E-state index >= 15 is 0 Å². The van der Waals surface area contributed by atoms with E-state index in [9.17, 15) is 0 Å². The van der Waals surface area contributed by atoms with Crippen LogP contribution in [-0.4, -0.2) is 23.5 Å². The molecule has 0 fully saturated rings. The van der Waals surface area contributed by atoms with Gasteiger partial charge in [0.2, 0.25) is 0 Å². The highest BCUT2D eigenvalue weighted by atomic mass is 32.3. The van der Waals surface area contributed by atoms with Crippen LogP contribution in [0.5, 0.6) is 0 Å². The number of hydrogen-bond acceptors (Lipinski definition) is 0. The Bertz CT molecular complexity index is 182. The second kappa shape index (κ2) is 10.2. The highest BCUT2D eigenvalue weighted by molar-refractivity contribution is 8.33. The van der Waals surface area contributed by atoms with Crippen LogP contribution in [0.1, 0.15) is 79.1 Å². The van der Waals surface area contributed by atoms with Gasteiger partial charge in [0.25, 0.3) is 0 Å². The maximum absolute atomic E-state index is 2.50. The average molecular weight is 275 g/mol. The van der Waals surface area contributed by atoms with Crippen molar-refractivity contribution in [1.29, 1.82) is 0 Å². The largest absolute Gasteiger partial charge is 0.244 e. The summed E-state index contributed by atoms with van der Waals surface area (Å²) in [7, 11) is -0.309. The van der Waals surface area contributed by atoms with E-state index in [1.807, 2.05) is 0 Å². The van der Waals surface area contributed by atoms with Crippen molar-refractivity contribution in [2.24, 2.45) is 5.92 Å². The summed E-state index contributed by atoms with van der Waals surface area (Å²) in [6.07, 6.45) is 16.7. The molecule has 0 unspecified atom stereocenters. The molecule has 0 aromatic rings. The Kier molecular flexibility index (Phi) is 10.4. The molecule has 0 spiro atoms. The van der Waals surface area contributed by atoms with Gasteiger partial charge in [-0.25, -0.2) is 10.0 Å². The predicted molar refractivity (Wildman–Crippen MR) is 91.2 cm³/mol. The fourth-order valence-electron chi connectivity index (χ4n) is 2.15. The third kappa shape index (κ3) is 10.3. The molecule has 18 heavy (non-hydrogen) atoms. The Hall–Kier alpha value is 0.350. The molecule has 0 bridgehead atoms. The summed E-state index contributed by atoms with van der Waals surface area (Å²) in [5, 5.41) is 0.897. The van der Waals surface area contributed by atoms with Crippen molar-refractivity contribution >= 4 is 10.0 Å². The molecule has 0 atom stereocenters. The molecule has 0 saturated heterocycles. The van der Waals surface area contributed by atoms with Crippen molar-refractivity contribution in [3.05, 3.63) is 0 Å². The molecule has 0 amide bonds. The Morgan fingerprint density at radius 1 is 0.667 bits per heavy atom. The van der Waals surface area contributed by atoms with Crippen LogP contribution in [-0.2, 0) is 0 Å². The van der Waals surface area contributed by atoms with Gasteiger partial charge in [-0.2, -0.15) is 0 Å². The first kappa shape index (κ1) is 18.4. The SMILES string of the molecule is CC(C)CCCCCCCCCS(C)(C)C(C)C. The van der Waals surface area contributed by atoms with E-state index in [-0.39, 0.29) is 10.0 Å². The molecule has 0 radical (unpaired) electrons. The van der Waals surface area contributed by atoms with Gasteiger partial charge in [-0.05, 0) is 35.9 Å². The minimum atomic E-state index is -0.309. The van der Waals surface area contributed by atoms with Crippen LogP contribution < -0.4 is 0 Å². The molecular formula is C17H38S. The smallest absolute Gasteiger partial charge is 0.0173 e. The summed E-state index contributed by atoms with van der Waals surface area (Å²) < 4.78 is 0. The fraction of sp³-hybridized carbons (Fsp3) is 1.00. The topological polar surface area (TPSA) is 0 Å². The second-order valence-electron chi connectivity index (χ2n) is 7.03. The van der Waals surface area contributed by atoms with E-state index in [1.54, 1.807) is 0 Å². The lowest BCUT2D eigenvalue weighted by Gasteiger charge is -2.35. The van der Waals surface area contributed by atoms with Crippen molar-refractivity contribution in [3.63, 3.8) is 0 Å². The lowest BCUT2D eigenvalue weighted by Crippen LogP contribution is -2.12. The molecule has 1 heteroatoms. The summed E-state index contributed by atoms with van der Waals surface area (Å²) in [5.41, 5.74) is 0. The van der Waals surface area contributed by atoms with E-state index in [1.165, 1.54) is 57.1 Å². The van der Waals surface area contributed by atoms with Crippen LogP contribution >= 0.6 is 10.0 Å². The van der Waals surface area contributed by atoms with Gasteiger partial charge in [0.1, 0.15) is 0 Å². The van der Waals surface area contributed by atoms with Crippen LogP contribution in [0.4, 0.5) is 0 Å². The molecular weight excluding hydrogens is 236 g/mol. The third-order valence-corrected chi connectivity index (χ3v) is 8.12.